The molecule has 33 heavy (non-hydrogen) atoms. The number of hydrogen-bond donors (Lipinski definition) is 1. The number of carbonyl (C=O) groups excluding carboxylic acids is 2. The normalized spacial score (nSPS) is 11.4. The van der Waals surface area contributed by atoms with Crippen LogP contribution in [0.1, 0.15) is 30.0 Å². The number of nitrogens with one attached hydrogen (secondary N) is 1. The molecule has 0 bridgehead atoms. The molecule has 0 radical (unpaired) electrons. The van der Waals surface area contributed by atoms with Crippen molar-refractivity contribution in [1.29, 1.82) is 0 Å². The summed E-state index contributed by atoms with van der Waals surface area (Å²) in [6.07, 6.45) is 0. The Morgan fingerprint density at radius 2 is 1.64 bits per heavy atom. The van der Waals surface area contributed by atoms with E-state index in [9.17, 15) is 18.0 Å². The van der Waals surface area contributed by atoms with Gasteiger partial charge in [0.25, 0.3) is 5.91 Å². The van der Waals surface area contributed by atoms with Gasteiger partial charge in [-0.05, 0) is 43.3 Å². The van der Waals surface area contributed by atoms with E-state index in [1.165, 1.54) is 33.4 Å². The Labute approximate surface area is 192 Å². The number of anilines is 1. The number of esters is 1. The Balaban J connectivity index is 1.59. The average Bonchev–Trinajstić information content (AvgIpc) is 3.21. The number of sulfonamides is 1. The molecule has 0 spiro atoms. The Kier molecular flexibility index (Phi) is 7.56. The zero-order chi connectivity index (χ0) is 24.0. The molecule has 1 N–H and O–H groups in total. The smallest absolute Gasteiger partial charge is 0.361 e. The van der Waals surface area contributed by atoms with Crippen LogP contribution >= 0.6 is 0 Å². The molecule has 11 heteroatoms. The van der Waals surface area contributed by atoms with Gasteiger partial charge >= 0.3 is 5.97 Å². The van der Waals surface area contributed by atoms with Crippen molar-refractivity contribution < 1.29 is 22.7 Å². The summed E-state index contributed by atoms with van der Waals surface area (Å²) in [4.78, 5) is 26.0. The molecule has 174 valence electrons. The fourth-order valence-corrected chi connectivity index (χ4v) is 4.52. The lowest BCUT2D eigenvalue weighted by Crippen LogP contribution is -2.30. The number of hydrogen-bond acceptors (Lipinski definition) is 7. The number of ether oxygens (including phenoxy) is 1. The summed E-state index contributed by atoms with van der Waals surface area (Å²) in [5.41, 5.74) is 1.44. The third-order valence-electron chi connectivity index (χ3n) is 4.78. The SMILES string of the molecule is CCN(CC)S(=O)(=O)c1ccc(NC(=O)COC(=O)c2nn(-c3ccccc3)nc2C)cc1. The number of amides is 1. The van der Waals surface area contributed by atoms with Gasteiger partial charge in [-0.2, -0.15) is 14.2 Å². The van der Waals surface area contributed by atoms with Crippen molar-refractivity contribution >= 4 is 27.6 Å². The topological polar surface area (TPSA) is 123 Å². The van der Waals surface area contributed by atoms with Crippen molar-refractivity contribution in [3.8, 4) is 5.69 Å². The molecule has 3 rings (SSSR count). The number of rotatable bonds is 9. The second-order valence-electron chi connectivity index (χ2n) is 7.00. The van der Waals surface area contributed by atoms with Crippen molar-refractivity contribution in [2.75, 3.05) is 25.0 Å². The van der Waals surface area contributed by atoms with Crippen LogP contribution in [0.4, 0.5) is 5.69 Å². The molecule has 0 unspecified atom stereocenters. The van der Waals surface area contributed by atoms with Crippen molar-refractivity contribution in [3.05, 3.63) is 66.0 Å². The second kappa shape index (κ2) is 10.4. The fraction of sp³-hybridized carbons (Fsp3) is 0.273. The number of carbonyl (C=O) groups is 2. The van der Waals surface area contributed by atoms with E-state index in [1.807, 2.05) is 18.2 Å². The summed E-state index contributed by atoms with van der Waals surface area (Å²) in [5.74, 6) is -1.35. The second-order valence-corrected chi connectivity index (χ2v) is 8.93. The van der Waals surface area contributed by atoms with Crippen LogP contribution in [-0.4, -0.2) is 59.3 Å². The van der Waals surface area contributed by atoms with Crippen LogP contribution < -0.4 is 5.32 Å². The van der Waals surface area contributed by atoms with Crippen molar-refractivity contribution in [1.82, 2.24) is 19.3 Å². The minimum atomic E-state index is -3.58. The molecule has 0 aliphatic carbocycles. The standard InChI is InChI=1S/C22H25N5O5S/c1-4-26(5-2)33(30,31)19-13-11-17(12-14-19)23-20(28)15-32-22(29)21-16(3)24-27(25-21)18-9-7-6-8-10-18/h6-14H,4-5,15H2,1-3H3,(H,23,28). The highest BCUT2D eigenvalue weighted by Gasteiger charge is 2.22. The molecular weight excluding hydrogens is 446 g/mol. The number of benzene rings is 2. The van der Waals surface area contributed by atoms with Crippen LogP contribution in [0.15, 0.2) is 59.5 Å². The summed E-state index contributed by atoms with van der Waals surface area (Å²) >= 11 is 0. The summed E-state index contributed by atoms with van der Waals surface area (Å²) in [6.45, 7) is 5.34. The van der Waals surface area contributed by atoms with Gasteiger partial charge in [-0.15, -0.1) is 5.10 Å². The van der Waals surface area contributed by atoms with Gasteiger partial charge in [0.1, 0.15) is 0 Å². The minimum absolute atomic E-state index is 0.0117. The highest BCUT2D eigenvalue weighted by atomic mass is 32.2. The Hall–Kier alpha value is -3.57. The Morgan fingerprint density at radius 3 is 2.24 bits per heavy atom. The Morgan fingerprint density at radius 1 is 1.00 bits per heavy atom. The lowest BCUT2D eigenvalue weighted by molar-refractivity contribution is -0.119. The number of aromatic nitrogens is 3. The zero-order valence-corrected chi connectivity index (χ0v) is 19.4. The third-order valence-corrected chi connectivity index (χ3v) is 6.84. The van der Waals surface area contributed by atoms with Crippen LogP contribution in [0.5, 0.6) is 0 Å². The molecule has 0 atom stereocenters. The van der Waals surface area contributed by atoms with Crippen LogP contribution in [0.2, 0.25) is 0 Å². The molecule has 0 aliphatic heterocycles. The molecule has 10 nitrogen and oxygen atoms in total. The van der Waals surface area contributed by atoms with E-state index in [0.717, 1.165) is 0 Å². The van der Waals surface area contributed by atoms with Crippen LogP contribution in [0, 0.1) is 6.92 Å². The first-order chi connectivity index (χ1) is 15.8. The van der Waals surface area contributed by atoms with Gasteiger partial charge in [0.2, 0.25) is 10.0 Å². The Bertz CT molecular complexity index is 1220. The van der Waals surface area contributed by atoms with E-state index < -0.39 is 28.5 Å². The van der Waals surface area contributed by atoms with Crippen LogP contribution in [0.25, 0.3) is 5.69 Å². The van der Waals surface area contributed by atoms with Gasteiger partial charge in [0, 0.05) is 18.8 Å². The van der Waals surface area contributed by atoms with E-state index in [4.69, 9.17) is 4.74 Å². The first-order valence-corrected chi connectivity index (χ1v) is 11.8. The van der Waals surface area contributed by atoms with E-state index in [-0.39, 0.29) is 10.6 Å². The van der Waals surface area contributed by atoms with Gasteiger partial charge in [-0.25, -0.2) is 13.2 Å². The fourth-order valence-electron chi connectivity index (χ4n) is 3.06. The molecule has 0 fully saturated rings. The van der Waals surface area contributed by atoms with E-state index in [0.29, 0.717) is 30.2 Å². The molecule has 1 aromatic heterocycles. The monoisotopic (exact) mass is 471 g/mol. The quantitative estimate of drug-likeness (QED) is 0.475. The number of nitrogens with zero attached hydrogens (tertiary/aromatic N) is 4. The van der Waals surface area contributed by atoms with Gasteiger partial charge in [0.15, 0.2) is 12.3 Å². The zero-order valence-electron chi connectivity index (χ0n) is 18.6. The molecule has 1 amide bonds. The summed E-state index contributed by atoms with van der Waals surface area (Å²) in [6, 6.07) is 14.9. The summed E-state index contributed by atoms with van der Waals surface area (Å²) in [7, 11) is -3.58. The molecular formula is C22H25N5O5S. The maximum atomic E-state index is 12.5. The molecule has 3 aromatic rings. The average molecular weight is 472 g/mol. The number of para-hydroxylation sites is 1. The van der Waals surface area contributed by atoms with E-state index >= 15 is 0 Å². The van der Waals surface area contributed by atoms with Crippen molar-refractivity contribution in [2.45, 2.75) is 25.7 Å². The summed E-state index contributed by atoms with van der Waals surface area (Å²) in [5, 5.41) is 10.9. The largest absolute Gasteiger partial charge is 0.451 e. The molecule has 0 aliphatic rings. The number of aryl methyl sites for hydroxylation is 1. The highest BCUT2D eigenvalue weighted by molar-refractivity contribution is 7.89. The van der Waals surface area contributed by atoms with Crippen LogP contribution in [0.3, 0.4) is 0 Å². The van der Waals surface area contributed by atoms with Gasteiger partial charge in [-0.3, -0.25) is 4.79 Å². The van der Waals surface area contributed by atoms with E-state index in [2.05, 4.69) is 15.5 Å². The maximum absolute atomic E-state index is 12.5. The van der Waals surface area contributed by atoms with Gasteiger partial charge < -0.3 is 10.1 Å². The van der Waals surface area contributed by atoms with Crippen LogP contribution in [-0.2, 0) is 19.6 Å². The first-order valence-electron chi connectivity index (χ1n) is 10.3. The third kappa shape index (κ3) is 5.62. The first kappa shape index (κ1) is 24.1. The molecule has 0 saturated carbocycles. The lowest BCUT2D eigenvalue weighted by atomic mass is 10.3. The van der Waals surface area contributed by atoms with Gasteiger partial charge in [0.05, 0.1) is 16.3 Å². The molecule has 0 saturated heterocycles. The predicted molar refractivity (Wildman–Crippen MR) is 122 cm³/mol. The van der Waals surface area contributed by atoms with Crippen molar-refractivity contribution in [2.24, 2.45) is 0 Å². The minimum Gasteiger partial charge on any atom is -0.451 e. The molecule has 2 aromatic carbocycles. The predicted octanol–water partition coefficient (Wildman–Crippen LogP) is 2.40. The van der Waals surface area contributed by atoms with Crippen molar-refractivity contribution in [3.63, 3.8) is 0 Å². The lowest BCUT2D eigenvalue weighted by Gasteiger charge is -2.18. The summed E-state index contributed by atoms with van der Waals surface area (Å²) < 4.78 is 31.5. The van der Waals surface area contributed by atoms with Gasteiger partial charge in [-0.1, -0.05) is 32.0 Å². The molecule has 1 heterocycles. The van der Waals surface area contributed by atoms with E-state index in [1.54, 1.807) is 32.9 Å². The highest BCUT2D eigenvalue weighted by Crippen LogP contribution is 2.18. The maximum Gasteiger partial charge on any atom is 0.361 e.